The maximum absolute atomic E-state index is 8.82. The Balaban J connectivity index is 3.27. The van der Waals surface area contributed by atoms with Gasteiger partial charge in [0.05, 0.1) is 5.02 Å². The molecule has 0 aliphatic rings. The van der Waals surface area contributed by atoms with Crippen molar-refractivity contribution in [2.24, 2.45) is 0 Å². The molecule has 1 aromatic rings. The van der Waals surface area contributed by atoms with Crippen LogP contribution in [0.5, 0.6) is 0 Å². The third-order valence-corrected chi connectivity index (χ3v) is 2.29. The summed E-state index contributed by atoms with van der Waals surface area (Å²) in [6.45, 7) is 3.58. The normalized spacial score (nSPS) is 10.8. The predicted molar refractivity (Wildman–Crippen MR) is 48.1 cm³/mol. The van der Waals surface area contributed by atoms with Crippen LogP contribution in [0.2, 0.25) is 10.0 Å². The molecule has 0 aromatic heterocycles. The Labute approximate surface area is 80.4 Å². The number of hydrogen-bond acceptors (Lipinski definition) is 2. The molecule has 2 N–H and O–H groups in total. The second-order valence-corrected chi connectivity index (χ2v) is 3.09. The monoisotopic (exact) mass is 205 g/mol. The maximum atomic E-state index is 8.82. The Morgan fingerprint density at radius 1 is 1.25 bits per heavy atom. The minimum absolute atomic E-state index is 0.192. The zero-order valence-electron chi connectivity index (χ0n) is 6.09. The van der Waals surface area contributed by atoms with Gasteiger partial charge in [0.1, 0.15) is 0 Å². The quantitative estimate of drug-likeness (QED) is 0.691. The van der Waals surface area contributed by atoms with Gasteiger partial charge in [-0.15, -0.1) is 0 Å². The first-order valence-electron chi connectivity index (χ1n) is 3.20. The van der Waals surface area contributed by atoms with E-state index in [0.717, 1.165) is 0 Å². The zero-order valence-corrected chi connectivity index (χ0v) is 7.60. The van der Waals surface area contributed by atoms with E-state index in [2.05, 4.69) is 6.92 Å². The highest BCUT2D eigenvalue weighted by Gasteiger charge is 2.11. The fourth-order valence-electron chi connectivity index (χ4n) is 0.815. The summed E-state index contributed by atoms with van der Waals surface area (Å²) < 4.78 is 0. The Kier molecular flexibility index (Phi) is 2.96. The van der Waals surface area contributed by atoms with Crippen LogP contribution in [0.4, 0.5) is 0 Å². The van der Waals surface area contributed by atoms with E-state index in [-0.39, 0.29) is 10.6 Å². The van der Waals surface area contributed by atoms with E-state index in [4.69, 9.17) is 33.4 Å². The summed E-state index contributed by atoms with van der Waals surface area (Å²) in [6, 6.07) is 2.97. The number of halogens is 2. The van der Waals surface area contributed by atoms with E-state index in [1.54, 1.807) is 0 Å². The summed E-state index contributed by atoms with van der Waals surface area (Å²) >= 11 is 11.4. The number of aliphatic hydroxyl groups is 2. The molecule has 1 radical (unpaired) electrons. The average molecular weight is 206 g/mol. The lowest BCUT2D eigenvalue weighted by molar-refractivity contribution is -0.0424. The van der Waals surface area contributed by atoms with E-state index in [0.29, 0.717) is 10.6 Å². The van der Waals surface area contributed by atoms with Gasteiger partial charge in [-0.05, 0) is 18.6 Å². The molecule has 0 aliphatic heterocycles. The standard InChI is InChI=1S/C8H7Cl2O2/c1-4-6(9)3-2-5(7(4)10)8(11)12/h2-3,8,11-12H,1H2. The van der Waals surface area contributed by atoms with Gasteiger partial charge in [0.2, 0.25) is 0 Å². The van der Waals surface area contributed by atoms with Crippen molar-refractivity contribution in [1.29, 1.82) is 0 Å². The lowest BCUT2D eigenvalue weighted by Gasteiger charge is -2.09. The molecule has 0 spiro atoms. The second kappa shape index (κ2) is 3.62. The summed E-state index contributed by atoms with van der Waals surface area (Å²) in [4.78, 5) is 0. The zero-order chi connectivity index (χ0) is 9.30. The van der Waals surface area contributed by atoms with Gasteiger partial charge in [-0.2, -0.15) is 0 Å². The Bertz CT molecular complexity index is 297. The molecule has 0 saturated heterocycles. The van der Waals surface area contributed by atoms with Crippen molar-refractivity contribution < 1.29 is 10.2 Å². The van der Waals surface area contributed by atoms with E-state index < -0.39 is 6.29 Å². The summed E-state index contributed by atoms with van der Waals surface area (Å²) in [5.41, 5.74) is 0.620. The van der Waals surface area contributed by atoms with Gasteiger partial charge >= 0.3 is 0 Å². The molecule has 4 heteroatoms. The number of benzene rings is 1. The van der Waals surface area contributed by atoms with Crippen molar-refractivity contribution in [3.05, 3.63) is 40.2 Å². The van der Waals surface area contributed by atoms with Crippen LogP contribution in [0, 0.1) is 6.92 Å². The molecular formula is C8H7Cl2O2. The molecule has 2 nitrogen and oxygen atoms in total. The molecule has 0 heterocycles. The topological polar surface area (TPSA) is 40.5 Å². The summed E-state index contributed by atoms with van der Waals surface area (Å²) in [7, 11) is 0. The summed E-state index contributed by atoms with van der Waals surface area (Å²) in [6.07, 6.45) is -1.59. The Morgan fingerprint density at radius 3 is 2.33 bits per heavy atom. The van der Waals surface area contributed by atoms with Gasteiger partial charge < -0.3 is 10.2 Å². The highest BCUT2D eigenvalue weighted by molar-refractivity contribution is 6.36. The third kappa shape index (κ3) is 1.72. The van der Waals surface area contributed by atoms with Crippen LogP contribution in [-0.4, -0.2) is 10.2 Å². The van der Waals surface area contributed by atoms with Crippen LogP contribution in [0.1, 0.15) is 17.4 Å². The van der Waals surface area contributed by atoms with E-state index in [1.807, 2.05) is 0 Å². The molecule has 1 aromatic carbocycles. The fourth-order valence-corrected chi connectivity index (χ4v) is 1.28. The smallest absolute Gasteiger partial charge is 0.179 e. The molecule has 12 heavy (non-hydrogen) atoms. The van der Waals surface area contributed by atoms with Crippen molar-refractivity contribution in [1.82, 2.24) is 0 Å². The molecule has 65 valence electrons. The van der Waals surface area contributed by atoms with Crippen LogP contribution in [0.15, 0.2) is 12.1 Å². The lowest BCUT2D eigenvalue weighted by atomic mass is 10.1. The van der Waals surface area contributed by atoms with Crippen LogP contribution < -0.4 is 0 Å². The van der Waals surface area contributed by atoms with Crippen molar-refractivity contribution in [2.75, 3.05) is 0 Å². The largest absolute Gasteiger partial charge is 0.364 e. The van der Waals surface area contributed by atoms with Crippen LogP contribution >= 0.6 is 23.2 Å². The molecule has 0 amide bonds. The van der Waals surface area contributed by atoms with Crippen molar-refractivity contribution in [3.8, 4) is 0 Å². The third-order valence-electron chi connectivity index (χ3n) is 1.49. The van der Waals surface area contributed by atoms with Crippen molar-refractivity contribution in [3.63, 3.8) is 0 Å². The minimum Gasteiger partial charge on any atom is -0.364 e. The summed E-state index contributed by atoms with van der Waals surface area (Å²) in [5, 5.41) is 18.2. The molecular weight excluding hydrogens is 199 g/mol. The number of hydrogen-bond donors (Lipinski definition) is 2. The number of rotatable bonds is 1. The molecule has 0 unspecified atom stereocenters. The summed E-state index contributed by atoms with van der Waals surface area (Å²) in [5.74, 6) is 0. The first kappa shape index (κ1) is 9.81. The van der Waals surface area contributed by atoms with Gasteiger partial charge in [-0.3, -0.25) is 0 Å². The van der Waals surface area contributed by atoms with E-state index in [1.165, 1.54) is 12.1 Å². The van der Waals surface area contributed by atoms with Gasteiger partial charge in [-0.25, -0.2) is 0 Å². The molecule has 0 aliphatic carbocycles. The van der Waals surface area contributed by atoms with Gasteiger partial charge in [0, 0.05) is 10.6 Å². The Morgan fingerprint density at radius 2 is 1.83 bits per heavy atom. The van der Waals surface area contributed by atoms with E-state index in [9.17, 15) is 0 Å². The molecule has 0 atom stereocenters. The van der Waals surface area contributed by atoms with Crippen LogP contribution in [-0.2, 0) is 0 Å². The Hall–Kier alpha value is -0.280. The van der Waals surface area contributed by atoms with E-state index >= 15 is 0 Å². The van der Waals surface area contributed by atoms with Gasteiger partial charge in [0.25, 0.3) is 0 Å². The maximum Gasteiger partial charge on any atom is 0.179 e. The van der Waals surface area contributed by atoms with Crippen LogP contribution in [0.3, 0.4) is 0 Å². The second-order valence-electron chi connectivity index (χ2n) is 2.30. The highest BCUT2D eigenvalue weighted by Crippen LogP contribution is 2.29. The first-order valence-corrected chi connectivity index (χ1v) is 3.95. The van der Waals surface area contributed by atoms with Gasteiger partial charge in [-0.1, -0.05) is 29.3 Å². The lowest BCUT2D eigenvalue weighted by Crippen LogP contribution is -1.97. The minimum atomic E-state index is -1.59. The number of aliphatic hydroxyl groups excluding tert-OH is 1. The van der Waals surface area contributed by atoms with Crippen LogP contribution in [0.25, 0.3) is 0 Å². The SMILES string of the molecule is [CH2]c1c(Cl)ccc(C(O)O)c1Cl. The molecule has 0 fully saturated rings. The first-order chi connectivity index (χ1) is 5.54. The predicted octanol–water partition coefficient (Wildman–Crippen LogP) is 2.16. The highest BCUT2D eigenvalue weighted by atomic mass is 35.5. The molecule has 1 rings (SSSR count). The van der Waals surface area contributed by atoms with Crippen molar-refractivity contribution >= 4 is 23.2 Å². The van der Waals surface area contributed by atoms with Gasteiger partial charge in [0.15, 0.2) is 6.29 Å². The average Bonchev–Trinajstić information content (AvgIpc) is 2.00. The van der Waals surface area contributed by atoms with Crippen molar-refractivity contribution in [2.45, 2.75) is 6.29 Å². The fraction of sp³-hybridized carbons (Fsp3) is 0.125. The molecule has 0 bridgehead atoms. The molecule has 0 saturated carbocycles.